The average molecular weight is 402 g/mol. The Labute approximate surface area is 175 Å². The summed E-state index contributed by atoms with van der Waals surface area (Å²) >= 11 is 0. The van der Waals surface area contributed by atoms with E-state index in [1.54, 1.807) is 0 Å². The van der Waals surface area contributed by atoms with Crippen molar-refractivity contribution < 1.29 is 4.79 Å². The van der Waals surface area contributed by atoms with Gasteiger partial charge in [-0.1, -0.05) is 45.0 Å². The van der Waals surface area contributed by atoms with Gasteiger partial charge in [0.25, 0.3) is 5.56 Å². The van der Waals surface area contributed by atoms with Crippen molar-refractivity contribution in [3.63, 3.8) is 0 Å². The second-order valence-electron chi connectivity index (χ2n) is 7.92. The molecule has 6 heteroatoms. The lowest BCUT2D eigenvalue weighted by molar-refractivity contribution is -0.119. The van der Waals surface area contributed by atoms with Gasteiger partial charge in [0.15, 0.2) is 5.65 Å². The van der Waals surface area contributed by atoms with Gasteiger partial charge in [-0.2, -0.15) is 4.98 Å². The maximum absolute atomic E-state index is 13.3. The molecule has 4 rings (SSSR count). The third-order valence-electron chi connectivity index (χ3n) is 5.52. The lowest BCUT2D eigenvalue weighted by Gasteiger charge is -2.20. The summed E-state index contributed by atoms with van der Waals surface area (Å²) in [5.74, 6) is 0.337. The molecule has 0 unspecified atom stereocenters. The second-order valence-corrected chi connectivity index (χ2v) is 7.92. The molecule has 30 heavy (non-hydrogen) atoms. The number of aryl methyl sites for hydroxylation is 1. The highest BCUT2D eigenvalue weighted by molar-refractivity contribution is 5.97. The summed E-state index contributed by atoms with van der Waals surface area (Å²) in [5, 5.41) is 3.90. The van der Waals surface area contributed by atoms with E-state index in [0.717, 1.165) is 22.3 Å². The molecule has 0 bridgehead atoms. The van der Waals surface area contributed by atoms with Crippen molar-refractivity contribution >= 4 is 28.1 Å². The van der Waals surface area contributed by atoms with Gasteiger partial charge in [0, 0.05) is 22.8 Å². The first-order valence-corrected chi connectivity index (χ1v) is 10.3. The van der Waals surface area contributed by atoms with E-state index in [9.17, 15) is 9.59 Å². The van der Waals surface area contributed by atoms with Crippen molar-refractivity contribution in [3.05, 3.63) is 76.2 Å². The molecule has 0 radical (unpaired) electrons. The Bertz CT molecular complexity index is 1280. The molecule has 0 saturated carbocycles. The zero-order valence-electron chi connectivity index (χ0n) is 17.7. The number of nitrogens with zero attached hydrogens (tertiary/aromatic N) is 3. The number of carbonyl (C=O) groups is 1. The number of benzene rings is 2. The van der Waals surface area contributed by atoms with Crippen LogP contribution < -0.4 is 10.9 Å². The Morgan fingerprint density at radius 3 is 2.47 bits per heavy atom. The molecule has 0 spiro atoms. The number of aromatic nitrogens is 3. The summed E-state index contributed by atoms with van der Waals surface area (Å²) in [6.07, 6.45) is 0.593. The highest BCUT2D eigenvalue weighted by Crippen LogP contribution is 2.27. The molecule has 1 atom stereocenters. The monoisotopic (exact) mass is 402 g/mol. The van der Waals surface area contributed by atoms with Gasteiger partial charge >= 0.3 is 0 Å². The van der Waals surface area contributed by atoms with Gasteiger partial charge in [0.1, 0.15) is 6.04 Å². The SMILES string of the molecule is CC[C@@H](C(=O)Nc1ccc(C(C)C)cc1)n1c2ccccc2c2nc(=O)cc(C)n21. The van der Waals surface area contributed by atoms with Crippen molar-refractivity contribution in [1.29, 1.82) is 0 Å². The van der Waals surface area contributed by atoms with Crippen LogP contribution in [0.15, 0.2) is 59.4 Å². The van der Waals surface area contributed by atoms with Gasteiger partial charge in [-0.25, -0.2) is 4.52 Å². The third-order valence-corrected chi connectivity index (χ3v) is 5.52. The average Bonchev–Trinajstić information content (AvgIpc) is 3.04. The summed E-state index contributed by atoms with van der Waals surface area (Å²) in [4.78, 5) is 29.6. The lowest BCUT2D eigenvalue weighted by atomic mass is 10.0. The number of nitrogens with one attached hydrogen (secondary N) is 1. The molecule has 0 aliphatic carbocycles. The topological polar surface area (TPSA) is 68.4 Å². The van der Waals surface area contributed by atoms with Gasteiger partial charge in [-0.15, -0.1) is 0 Å². The van der Waals surface area contributed by atoms with Crippen LogP contribution in [0.4, 0.5) is 5.69 Å². The number of hydrogen-bond donors (Lipinski definition) is 1. The first-order valence-electron chi connectivity index (χ1n) is 10.3. The van der Waals surface area contributed by atoms with Crippen molar-refractivity contribution in [3.8, 4) is 0 Å². The zero-order valence-corrected chi connectivity index (χ0v) is 17.7. The van der Waals surface area contributed by atoms with Gasteiger partial charge in [0.2, 0.25) is 5.91 Å². The molecule has 1 amide bonds. The normalized spacial score (nSPS) is 12.6. The van der Waals surface area contributed by atoms with E-state index in [0.29, 0.717) is 18.0 Å². The number of carbonyl (C=O) groups excluding carboxylic acids is 1. The number of anilines is 1. The number of hydrogen-bond acceptors (Lipinski definition) is 3. The van der Waals surface area contributed by atoms with Gasteiger partial charge in [-0.05, 0) is 49.1 Å². The van der Waals surface area contributed by atoms with Crippen molar-refractivity contribution in [2.75, 3.05) is 5.32 Å². The summed E-state index contributed by atoms with van der Waals surface area (Å²) in [7, 11) is 0. The Balaban J connectivity index is 1.80. The van der Waals surface area contributed by atoms with E-state index in [2.05, 4.69) is 24.1 Å². The highest BCUT2D eigenvalue weighted by Gasteiger charge is 2.25. The molecule has 0 saturated heterocycles. The predicted octanol–water partition coefficient (Wildman–Crippen LogP) is 4.67. The summed E-state index contributed by atoms with van der Waals surface area (Å²) < 4.78 is 3.83. The first kappa shape index (κ1) is 19.9. The molecule has 6 nitrogen and oxygen atoms in total. The van der Waals surface area contributed by atoms with E-state index in [4.69, 9.17) is 0 Å². The predicted molar refractivity (Wildman–Crippen MR) is 120 cm³/mol. The van der Waals surface area contributed by atoms with Crippen LogP contribution in [0.25, 0.3) is 16.6 Å². The second kappa shape index (κ2) is 7.78. The first-order chi connectivity index (χ1) is 14.4. The van der Waals surface area contributed by atoms with Crippen LogP contribution in [0.3, 0.4) is 0 Å². The van der Waals surface area contributed by atoms with Gasteiger partial charge < -0.3 is 5.32 Å². The fourth-order valence-electron chi connectivity index (χ4n) is 3.96. The molecule has 2 heterocycles. The number of para-hydroxylation sites is 1. The van der Waals surface area contributed by atoms with Crippen molar-refractivity contribution in [2.24, 2.45) is 0 Å². The van der Waals surface area contributed by atoms with E-state index < -0.39 is 6.04 Å². The van der Waals surface area contributed by atoms with Crippen molar-refractivity contribution in [2.45, 2.75) is 46.1 Å². The molecular formula is C24H26N4O2. The Morgan fingerprint density at radius 1 is 1.10 bits per heavy atom. The summed E-state index contributed by atoms with van der Waals surface area (Å²) in [6, 6.07) is 16.7. The van der Waals surface area contributed by atoms with E-state index >= 15 is 0 Å². The zero-order chi connectivity index (χ0) is 21.4. The molecule has 0 aliphatic rings. The van der Waals surface area contributed by atoms with Crippen LogP contribution in [0.1, 0.15) is 50.4 Å². The minimum absolute atomic E-state index is 0.101. The van der Waals surface area contributed by atoms with Gasteiger partial charge in [0.05, 0.1) is 5.52 Å². The quantitative estimate of drug-likeness (QED) is 0.527. The summed E-state index contributed by atoms with van der Waals surface area (Å²) in [6.45, 7) is 8.13. The van der Waals surface area contributed by atoms with Crippen LogP contribution in [0.5, 0.6) is 0 Å². The minimum atomic E-state index is -0.458. The van der Waals surface area contributed by atoms with Crippen LogP contribution in [-0.2, 0) is 4.79 Å². The van der Waals surface area contributed by atoms with Gasteiger partial charge in [-0.3, -0.25) is 14.3 Å². The molecule has 154 valence electrons. The van der Waals surface area contributed by atoms with Crippen LogP contribution >= 0.6 is 0 Å². The molecule has 2 aromatic carbocycles. The lowest BCUT2D eigenvalue weighted by Crippen LogP contribution is -2.29. The number of fused-ring (bicyclic) bond motifs is 3. The molecular weight excluding hydrogens is 376 g/mol. The Hall–Kier alpha value is -3.41. The number of amides is 1. The molecule has 0 aliphatic heterocycles. The molecule has 4 aromatic rings. The standard InChI is InChI=1S/C24H26N4O2/c1-5-20(24(30)25-18-12-10-17(11-13-18)15(2)3)28-21-9-7-6-8-19(21)23-26-22(29)14-16(4)27(23)28/h6-15,20H,5H2,1-4H3,(H,25,30)/t20-/m0/s1. The van der Waals surface area contributed by atoms with E-state index in [1.165, 1.54) is 11.6 Å². The highest BCUT2D eigenvalue weighted by atomic mass is 16.2. The summed E-state index contributed by atoms with van der Waals surface area (Å²) in [5.41, 5.74) is 3.91. The van der Waals surface area contributed by atoms with E-state index in [1.807, 2.05) is 71.6 Å². The third kappa shape index (κ3) is 3.38. The Kier molecular flexibility index (Phi) is 5.16. The Morgan fingerprint density at radius 2 is 1.80 bits per heavy atom. The molecule has 1 N–H and O–H groups in total. The van der Waals surface area contributed by atoms with E-state index in [-0.39, 0.29) is 11.5 Å². The molecule has 2 aromatic heterocycles. The fourth-order valence-corrected chi connectivity index (χ4v) is 3.96. The fraction of sp³-hybridized carbons (Fsp3) is 0.292. The maximum Gasteiger partial charge on any atom is 0.273 e. The smallest absolute Gasteiger partial charge is 0.273 e. The maximum atomic E-state index is 13.3. The van der Waals surface area contributed by atoms with Crippen molar-refractivity contribution in [1.82, 2.24) is 14.2 Å². The molecule has 0 fully saturated rings. The van der Waals surface area contributed by atoms with Crippen LogP contribution in [0.2, 0.25) is 0 Å². The number of rotatable bonds is 5. The van der Waals surface area contributed by atoms with Crippen LogP contribution in [-0.4, -0.2) is 20.1 Å². The van der Waals surface area contributed by atoms with Crippen LogP contribution in [0, 0.1) is 6.92 Å². The largest absolute Gasteiger partial charge is 0.324 e. The minimum Gasteiger partial charge on any atom is -0.324 e.